The van der Waals surface area contributed by atoms with Gasteiger partial charge in [-0.25, -0.2) is 0 Å². The maximum atomic E-state index is 12.0. The number of carbonyl (C=O) groups excluding carboxylic acids is 1. The van der Waals surface area contributed by atoms with Crippen LogP contribution in [0.3, 0.4) is 0 Å². The molecule has 0 bridgehead atoms. The van der Waals surface area contributed by atoms with E-state index in [1.807, 2.05) is 20.8 Å². The van der Waals surface area contributed by atoms with Gasteiger partial charge in [0.05, 0.1) is 18.7 Å². The Balaban J connectivity index is 2.23. The van der Waals surface area contributed by atoms with Gasteiger partial charge in [0.25, 0.3) is 0 Å². The van der Waals surface area contributed by atoms with Crippen LogP contribution in [0.25, 0.3) is 0 Å². The molecule has 0 aliphatic carbocycles. The van der Waals surface area contributed by atoms with Crippen LogP contribution in [-0.2, 0) is 4.79 Å². The lowest BCUT2D eigenvalue weighted by Crippen LogP contribution is -2.51. The summed E-state index contributed by atoms with van der Waals surface area (Å²) in [5, 5.41) is 24.6. The standard InChI is InChI=1S/C17H32N4O2/c1-13(2)17(4,12-18)20-16(23)10-19-9-15-5-7-21(8-6-15)11-14(3)22/h13-15,19,22H,5-11H2,1-4H3,(H,20,23). The first-order valence-electron chi connectivity index (χ1n) is 8.60. The Bertz CT molecular complexity index is 411. The van der Waals surface area contributed by atoms with Crippen molar-refractivity contribution >= 4 is 5.91 Å². The molecule has 1 aliphatic heterocycles. The summed E-state index contributed by atoms with van der Waals surface area (Å²) in [6, 6.07) is 2.18. The van der Waals surface area contributed by atoms with Gasteiger partial charge >= 0.3 is 0 Å². The van der Waals surface area contributed by atoms with Gasteiger partial charge < -0.3 is 20.6 Å². The Morgan fingerprint density at radius 1 is 1.39 bits per heavy atom. The number of nitrogens with one attached hydrogen (secondary N) is 2. The molecule has 0 aromatic rings. The van der Waals surface area contributed by atoms with Crippen LogP contribution in [0.1, 0.15) is 40.5 Å². The average Bonchev–Trinajstić information content (AvgIpc) is 2.48. The highest BCUT2D eigenvalue weighted by molar-refractivity contribution is 5.79. The van der Waals surface area contributed by atoms with Crippen LogP contribution in [0.5, 0.6) is 0 Å². The molecule has 23 heavy (non-hydrogen) atoms. The SMILES string of the molecule is CC(O)CN1CCC(CNCC(=O)NC(C)(C#N)C(C)C)CC1. The zero-order valence-electron chi connectivity index (χ0n) is 14.9. The van der Waals surface area contributed by atoms with Gasteiger partial charge in [-0.2, -0.15) is 5.26 Å². The van der Waals surface area contributed by atoms with Crippen molar-refractivity contribution in [1.29, 1.82) is 5.26 Å². The predicted molar refractivity (Wildman–Crippen MR) is 90.7 cm³/mol. The van der Waals surface area contributed by atoms with Crippen LogP contribution >= 0.6 is 0 Å². The summed E-state index contributed by atoms with van der Waals surface area (Å²) in [6.45, 7) is 11.2. The normalized spacial score (nSPS) is 20.7. The van der Waals surface area contributed by atoms with E-state index in [0.29, 0.717) is 5.92 Å². The highest BCUT2D eigenvalue weighted by atomic mass is 16.3. The molecule has 1 amide bonds. The fourth-order valence-electron chi connectivity index (χ4n) is 2.77. The largest absolute Gasteiger partial charge is 0.392 e. The van der Waals surface area contributed by atoms with E-state index in [2.05, 4.69) is 21.6 Å². The van der Waals surface area contributed by atoms with Crippen molar-refractivity contribution in [3.05, 3.63) is 0 Å². The molecule has 2 atom stereocenters. The second-order valence-corrected chi connectivity index (χ2v) is 7.24. The molecule has 3 N–H and O–H groups in total. The van der Waals surface area contributed by atoms with E-state index in [9.17, 15) is 15.2 Å². The number of rotatable bonds is 8. The topological polar surface area (TPSA) is 88.4 Å². The highest BCUT2D eigenvalue weighted by Crippen LogP contribution is 2.17. The molecule has 0 aromatic heterocycles. The minimum atomic E-state index is -0.814. The highest BCUT2D eigenvalue weighted by Gasteiger charge is 2.29. The molecule has 132 valence electrons. The molecule has 1 fully saturated rings. The summed E-state index contributed by atoms with van der Waals surface area (Å²) in [4.78, 5) is 14.3. The van der Waals surface area contributed by atoms with Crippen molar-refractivity contribution in [3.8, 4) is 6.07 Å². The third-order valence-electron chi connectivity index (χ3n) is 4.73. The van der Waals surface area contributed by atoms with Crippen LogP contribution in [0.4, 0.5) is 0 Å². The first-order valence-corrected chi connectivity index (χ1v) is 8.60. The van der Waals surface area contributed by atoms with E-state index in [-0.39, 0.29) is 24.5 Å². The van der Waals surface area contributed by atoms with Crippen molar-refractivity contribution in [1.82, 2.24) is 15.5 Å². The van der Waals surface area contributed by atoms with Crippen LogP contribution in [-0.4, -0.2) is 60.3 Å². The zero-order chi connectivity index (χ0) is 17.5. The second kappa shape index (κ2) is 9.21. The molecule has 0 saturated carbocycles. The van der Waals surface area contributed by atoms with Crippen molar-refractivity contribution in [2.75, 3.05) is 32.7 Å². The molecule has 1 saturated heterocycles. The van der Waals surface area contributed by atoms with Crippen LogP contribution in [0.15, 0.2) is 0 Å². The summed E-state index contributed by atoms with van der Waals surface area (Å²) in [6.07, 6.45) is 1.90. The zero-order valence-corrected chi connectivity index (χ0v) is 14.9. The molecular formula is C17H32N4O2. The number of β-amino-alcohol motifs (C(OH)–C–C–N with tert-alkyl or cyclic N) is 1. The summed E-state index contributed by atoms with van der Waals surface area (Å²) in [5.74, 6) is 0.504. The number of hydrogen-bond donors (Lipinski definition) is 3. The number of piperidine rings is 1. The van der Waals surface area contributed by atoms with Gasteiger partial charge in [-0.05, 0) is 58.2 Å². The minimum absolute atomic E-state index is 0.0645. The molecular weight excluding hydrogens is 292 g/mol. The number of nitrogens with zero attached hydrogens (tertiary/aromatic N) is 2. The Kier molecular flexibility index (Phi) is 7.97. The van der Waals surface area contributed by atoms with Crippen molar-refractivity contribution < 1.29 is 9.90 Å². The molecule has 1 rings (SSSR count). The Morgan fingerprint density at radius 3 is 2.48 bits per heavy atom. The number of aliphatic hydroxyl groups excluding tert-OH is 1. The van der Waals surface area contributed by atoms with Crippen molar-refractivity contribution in [2.45, 2.75) is 52.2 Å². The Morgan fingerprint density at radius 2 is 2.00 bits per heavy atom. The fraction of sp³-hybridized carbons (Fsp3) is 0.882. The molecule has 0 spiro atoms. The third kappa shape index (κ3) is 6.86. The lowest BCUT2D eigenvalue weighted by atomic mass is 9.90. The van der Waals surface area contributed by atoms with Gasteiger partial charge in [-0.1, -0.05) is 13.8 Å². The summed E-state index contributed by atoms with van der Waals surface area (Å²) in [5.41, 5.74) is -0.814. The summed E-state index contributed by atoms with van der Waals surface area (Å²) >= 11 is 0. The predicted octanol–water partition coefficient (Wildman–Crippen LogP) is 0.723. The molecule has 6 heteroatoms. The van der Waals surface area contributed by atoms with E-state index < -0.39 is 5.54 Å². The Hall–Kier alpha value is -1.16. The van der Waals surface area contributed by atoms with Crippen molar-refractivity contribution in [2.24, 2.45) is 11.8 Å². The van der Waals surface area contributed by atoms with E-state index in [1.165, 1.54) is 0 Å². The lowest BCUT2D eigenvalue weighted by molar-refractivity contribution is -0.121. The van der Waals surface area contributed by atoms with Crippen LogP contribution in [0, 0.1) is 23.2 Å². The van der Waals surface area contributed by atoms with Gasteiger partial charge in [0.1, 0.15) is 5.54 Å². The second-order valence-electron chi connectivity index (χ2n) is 7.24. The first kappa shape index (κ1) is 19.9. The Labute approximate surface area is 140 Å². The quantitative estimate of drug-likeness (QED) is 0.612. The van der Waals surface area contributed by atoms with Gasteiger partial charge in [0, 0.05) is 6.54 Å². The lowest BCUT2D eigenvalue weighted by Gasteiger charge is -2.32. The molecule has 0 aromatic carbocycles. The average molecular weight is 324 g/mol. The number of likely N-dealkylation sites (tertiary alicyclic amines) is 1. The smallest absolute Gasteiger partial charge is 0.235 e. The molecule has 2 unspecified atom stereocenters. The van der Waals surface area contributed by atoms with E-state index in [1.54, 1.807) is 6.92 Å². The number of amides is 1. The first-order chi connectivity index (χ1) is 10.8. The molecule has 1 heterocycles. The maximum absolute atomic E-state index is 12.0. The van der Waals surface area contributed by atoms with E-state index >= 15 is 0 Å². The number of hydrogen-bond acceptors (Lipinski definition) is 5. The number of nitriles is 1. The van der Waals surface area contributed by atoms with Gasteiger partial charge in [-0.15, -0.1) is 0 Å². The third-order valence-corrected chi connectivity index (χ3v) is 4.73. The number of carbonyl (C=O) groups is 1. The summed E-state index contributed by atoms with van der Waals surface area (Å²) < 4.78 is 0. The minimum Gasteiger partial charge on any atom is -0.392 e. The van der Waals surface area contributed by atoms with Crippen molar-refractivity contribution in [3.63, 3.8) is 0 Å². The van der Waals surface area contributed by atoms with Gasteiger partial charge in [-0.3, -0.25) is 4.79 Å². The molecule has 1 aliphatic rings. The molecule has 0 radical (unpaired) electrons. The fourth-order valence-corrected chi connectivity index (χ4v) is 2.77. The van der Waals surface area contributed by atoms with Gasteiger partial charge in [0.2, 0.25) is 5.91 Å². The van der Waals surface area contributed by atoms with Crippen LogP contribution in [0.2, 0.25) is 0 Å². The van der Waals surface area contributed by atoms with Gasteiger partial charge in [0.15, 0.2) is 0 Å². The van der Waals surface area contributed by atoms with E-state index in [0.717, 1.165) is 39.0 Å². The summed E-state index contributed by atoms with van der Waals surface area (Å²) in [7, 11) is 0. The maximum Gasteiger partial charge on any atom is 0.235 e. The monoisotopic (exact) mass is 324 g/mol. The number of aliphatic hydroxyl groups is 1. The van der Waals surface area contributed by atoms with E-state index in [4.69, 9.17) is 0 Å². The van der Waals surface area contributed by atoms with Crippen LogP contribution < -0.4 is 10.6 Å². The molecule has 6 nitrogen and oxygen atoms in total.